The second kappa shape index (κ2) is 7.77. The van der Waals surface area contributed by atoms with Gasteiger partial charge in [0.2, 0.25) is 5.96 Å². The Kier molecular flexibility index (Phi) is 5.51. The van der Waals surface area contributed by atoms with Crippen LogP contribution in [-0.4, -0.2) is 25.3 Å². The molecule has 0 bridgehead atoms. The van der Waals surface area contributed by atoms with Crippen LogP contribution in [0.4, 0.5) is 0 Å². The summed E-state index contributed by atoms with van der Waals surface area (Å²) >= 11 is 0. The van der Waals surface area contributed by atoms with E-state index in [1.807, 2.05) is 19.1 Å². The number of hydrogen-bond acceptors (Lipinski definition) is 5. The minimum atomic E-state index is -0.463. The molecule has 0 unspecified atom stereocenters. The highest BCUT2D eigenvalue weighted by Gasteiger charge is 2.12. The fourth-order valence-electron chi connectivity index (χ4n) is 1.86. The van der Waals surface area contributed by atoms with Crippen molar-refractivity contribution in [1.29, 1.82) is 0 Å². The molecule has 124 valence electrons. The highest BCUT2D eigenvalue weighted by molar-refractivity contribution is 5.91. The van der Waals surface area contributed by atoms with Crippen molar-refractivity contribution in [2.45, 2.75) is 6.92 Å². The maximum Gasteiger partial charge on any atom is 0.343 e. The molecule has 0 aliphatic rings. The van der Waals surface area contributed by atoms with E-state index >= 15 is 0 Å². The highest BCUT2D eigenvalue weighted by atomic mass is 16.6. The number of hydrogen-bond donors (Lipinski definition) is 2. The van der Waals surface area contributed by atoms with Gasteiger partial charge < -0.3 is 20.9 Å². The summed E-state index contributed by atoms with van der Waals surface area (Å²) in [5.41, 5.74) is 12.6. The number of benzene rings is 2. The number of rotatable bonds is 5. The predicted molar refractivity (Wildman–Crippen MR) is 92.5 cm³/mol. The van der Waals surface area contributed by atoms with Crippen LogP contribution in [0.3, 0.4) is 0 Å². The molecule has 2 aromatic carbocycles. The third kappa shape index (κ3) is 4.57. The van der Waals surface area contributed by atoms with Crippen molar-refractivity contribution < 1.29 is 14.3 Å². The van der Waals surface area contributed by atoms with Gasteiger partial charge in [-0.2, -0.15) is 5.10 Å². The molecule has 0 aliphatic carbocycles. The summed E-state index contributed by atoms with van der Waals surface area (Å²) < 4.78 is 10.6. The average molecular weight is 326 g/mol. The number of ether oxygens (including phenoxy) is 2. The molecule has 2 aromatic rings. The Morgan fingerprint density at radius 2 is 1.79 bits per heavy atom. The van der Waals surface area contributed by atoms with Gasteiger partial charge in [-0.15, -0.1) is 5.10 Å². The standard InChI is InChI=1S/C17H18N4O3/c1-11-3-6-13(7-4-11)16(22)24-14-8-5-12(9-15(14)23-2)10-20-21-17(18)19/h3-10H,1-2H3,(H4,18,19,21)/b20-10-. The van der Waals surface area contributed by atoms with E-state index in [9.17, 15) is 4.79 Å². The molecule has 0 saturated heterocycles. The van der Waals surface area contributed by atoms with Gasteiger partial charge in [0.05, 0.1) is 18.9 Å². The van der Waals surface area contributed by atoms with Gasteiger partial charge in [0, 0.05) is 0 Å². The monoisotopic (exact) mass is 326 g/mol. The average Bonchev–Trinajstić information content (AvgIpc) is 2.56. The van der Waals surface area contributed by atoms with Gasteiger partial charge in [-0.05, 0) is 42.8 Å². The van der Waals surface area contributed by atoms with Crippen molar-refractivity contribution in [3.8, 4) is 11.5 Å². The van der Waals surface area contributed by atoms with Crippen molar-refractivity contribution in [3.05, 3.63) is 59.2 Å². The zero-order chi connectivity index (χ0) is 17.5. The first kappa shape index (κ1) is 17.0. The zero-order valence-electron chi connectivity index (χ0n) is 13.4. The third-order valence-electron chi connectivity index (χ3n) is 3.06. The number of nitrogens with zero attached hydrogens (tertiary/aromatic N) is 2. The van der Waals surface area contributed by atoms with E-state index in [1.165, 1.54) is 13.3 Å². The summed E-state index contributed by atoms with van der Waals surface area (Å²) in [5.74, 6) is 0.100. The van der Waals surface area contributed by atoms with E-state index < -0.39 is 5.97 Å². The quantitative estimate of drug-likeness (QED) is 0.286. The number of carbonyl (C=O) groups is 1. The van der Waals surface area contributed by atoms with Crippen LogP contribution in [0.15, 0.2) is 52.7 Å². The molecule has 0 fully saturated rings. The van der Waals surface area contributed by atoms with Crippen molar-refractivity contribution in [2.24, 2.45) is 21.7 Å². The Hall–Kier alpha value is -3.35. The smallest absolute Gasteiger partial charge is 0.343 e. The normalized spacial score (nSPS) is 10.4. The largest absolute Gasteiger partial charge is 0.493 e. The van der Waals surface area contributed by atoms with Crippen LogP contribution in [0.25, 0.3) is 0 Å². The van der Waals surface area contributed by atoms with Gasteiger partial charge in [-0.3, -0.25) is 0 Å². The number of methoxy groups -OCH3 is 1. The van der Waals surface area contributed by atoms with Crippen LogP contribution in [-0.2, 0) is 0 Å². The first-order chi connectivity index (χ1) is 11.5. The molecule has 0 atom stereocenters. The van der Waals surface area contributed by atoms with Crippen molar-refractivity contribution in [3.63, 3.8) is 0 Å². The SMILES string of the molecule is COc1cc(/C=N\N=C(N)N)ccc1OC(=O)c1ccc(C)cc1. The van der Waals surface area contributed by atoms with E-state index in [4.69, 9.17) is 20.9 Å². The van der Waals surface area contributed by atoms with Crippen LogP contribution in [0.2, 0.25) is 0 Å². The molecule has 0 heterocycles. The molecule has 7 heteroatoms. The second-order valence-electron chi connectivity index (χ2n) is 4.94. The lowest BCUT2D eigenvalue weighted by atomic mass is 10.1. The van der Waals surface area contributed by atoms with Gasteiger partial charge in [0.15, 0.2) is 11.5 Å². The predicted octanol–water partition coefficient (Wildman–Crippen LogP) is 1.83. The van der Waals surface area contributed by atoms with Crippen LogP contribution in [0.1, 0.15) is 21.5 Å². The number of carbonyl (C=O) groups excluding carboxylic acids is 1. The molecule has 0 saturated carbocycles. The lowest BCUT2D eigenvalue weighted by Crippen LogP contribution is -2.21. The summed E-state index contributed by atoms with van der Waals surface area (Å²) in [5, 5.41) is 7.22. The van der Waals surface area contributed by atoms with Gasteiger partial charge in [0.25, 0.3) is 0 Å². The number of guanidine groups is 1. The molecule has 4 N–H and O–H groups in total. The molecular formula is C17H18N4O3. The number of nitrogens with two attached hydrogens (primary N) is 2. The first-order valence-corrected chi connectivity index (χ1v) is 7.08. The molecule has 7 nitrogen and oxygen atoms in total. The van der Waals surface area contributed by atoms with Crippen molar-refractivity contribution in [1.82, 2.24) is 0 Å². The van der Waals surface area contributed by atoms with Crippen LogP contribution in [0, 0.1) is 6.92 Å². The third-order valence-corrected chi connectivity index (χ3v) is 3.06. The topological polar surface area (TPSA) is 112 Å². The summed E-state index contributed by atoms with van der Waals surface area (Å²) in [4.78, 5) is 12.2. The maximum atomic E-state index is 12.2. The van der Waals surface area contributed by atoms with Gasteiger partial charge >= 0.3 is 5.97 Å². The minimum Gasteiger partial charge on any atom is -0.493 e. The molecule has 0 aliphatic heterocycles. The van der Waals surface area contributed by atoms with E-state index in [0.717, 1.165) is 5.56 Å². The van der Waals surface area contributed by atoms with Crippen LogP contribution < -0.4 is 20.9 Å². The van der Waals surface area contributed by atoms with E-state index in [-0.39, 0.29) is 5.96 Å². The van der Waals surface area contributed by atoms with Crippen molar-refractivity contribution in [2.75, 3.05) is 7.11 Å². The Morgan fingerprint density at radius 3 is 2.42 bits per heavy atom. The number of aryl methyl sites for hydroxylation is 1. The molecule has 2 rings (SSSR count). The first-order valence-electron chi connectivity index (χ1n) is 7.08. The fourth-order valence-corrected chi connectivity index (χ4v) is 1.86. The summed E-state index contributed by atoms with van der Waals surface area (Å²) in [6, 6.07) is 12.1. The van der Waals surface area contributed by atoms with Crippen LogP contribution >= 0.6 is 0 Å². The van der Waals surface area contributed by atoms with Gasteiger partial charge in [-0.1, -0.05) is 17.7 Å². The summed E-state index contributed by atoms with van der Waals surface area (Å²) in [6.45, 7) is 1.95. The van der Waals surface area contributed by atoms with Crippen LogP contribution in [0.5, 0.6) is 11.5 Å². The Bertz CT molecular complexity index is 779. The minimum absolute atomic E-state index is 0.137. The maximum absolute atomic E-state index is 12.2. The van der Waals surface area contributed by atoms with E-state index in [2.05, 4.69) is 10.2 Å². The Labute approximate surface area is 139 Å². The molecule has 0 spiro atoms. The molecule has 24 heavy (non-hydrogen) atoms. The fraction of sp³-hybridized carbons (Fsp3) is 0.118. The summed E-state index contributed by atoms with van der Waals surface area (Å²) in [7, 11) is 1.48. The molecule has 0 aromatic heterocycles. The van der Waals surface area contributed by atoms with Gasteiger partial charge in [0.1, 0.15) is 0 Å². The van der Waals surface area contributed by atoms with E-state index in [1.54, 1.807) is 30.3 Å². The molecular weight excluding hydrogens is 308 g/mol. The lowest BCUT2D eigenvalue weighted by Gasteiger charge is -2.10. The highest BCUT2D eigenvalue weighted by Crippen LogP contribution is 2.28. The zero-order valence-corrected chi connectivity index (χ0v) is 13.4. The van der Waals surface area contributed by atoms with Crippen molar-refractivity contribution >= 4 is 18.1 Å². The second-order valence-corrected chi connectivity index (χ2v) is 4.94. The molecule has 0 amide bonds. The lowest BCUT2D eigenvalue weighted by molar-refractivity contribution is 0.0729. The summed E-state index contributed by atoms with van der Waals surface area (Å²) in [6.07, 6.45) is 1.45. The Balaban J connectivity index is 2.18. The Morgan fingerprint density at radius 1 is 1.08 bits per heavy atom. The molecule has 0 radical (unpaired) electrons. The van der Waals surface area contributed by atoms with Gasteiger partial charge in [-0.25, -0.2) is 4.79 Å². The van der Waals surface area contributed by atoms with E-state index in [0.29, 0.717) is 22.6 Å². The number of esters is 1.